The van der Waals surface area contributed by atoms with E-state index in [4.69, 9.17) is 23.2 Å². The highest BCUT2D eigenvalue weighted by atomic mass is 35.5. The molecule has 4 aliphatic carbocycles. The smallest absolute Gasteiger partial charge is 0.258 e. The van der Waals surface area contributed by atoms with Gasteiger partial charge < -0.3 is 0 Å². The minimum Gasteiger partial charge on any atom is -0.298 e. The van der Waals surface area contributed by atoms with E-state index in [1.54, 1.807) is 18.2 Å². The molecule has 1 heterocycles. The van der Waals surface area contributed by atoms with Crippen LogP contribution in [0.5, 0.6) is 0 Å². The van der Waals surface area contributed by atoms with Gasteiger partial charge in [0.1, 0.15) is 11.8 Å². The van der Waals surface area contributed by atoms with E-state index in [0.29, 0.717) is 33.8 Å². The summed E-state index contributed by atoms with van der Waals surface area (Å²) in [5, 5.41) is 5.25. The van der Waals surface area contributed by atoms with Crippen LogP contribution in [0.1, 0.15) is 43.5 Å². The van der Waals surface area contributed by atoms with E-state index in [1.165, 1.54) is 19.3 Å². The van der Waals surface area contributed by atoms with E-state index in [1.807, 2.05) is 13.8 Å². The SMILES string of the molecule is CN1N(C2C3CC4CC5CC2C453)C(=O)C1(C)C.O=Cc1cc(Cl)cc(Cl)c1. The fourth-order valence-corrected chi connectivity index (χ4v) is 7.39. The van der Waals surface area contributed by atoms with Crippen molar-refractivity contribution < 1.29 is 9.59 Å². The third-order valence-electron chi connectivity index (χ3n) is 8.34. The van der Waals surface area contributed by atoms with Crippen LogP contribution in [0.25, 0.3) is 0 Å². The first kappa shape index (κ1) is 18.0. The summed E-state index contributed by atoms with van der Waals surface area (Å²) >= 11 is 11.2. The number of amides is 1. The predicted molar refractivity (Wildman–Crippen MR) is 105 cm³/mol. The summed E-state index contributed by atoms with van der Waals surface area (Å²) in [5.41, 5.74) is 1.01. The molecule has 5 aliphatic rings. The molecule has 0 radical (unpaired) electrons. The van der Waals surface area contributed by atoms with Crippen molar-refractivity contribution >= 4 is 35.4 Å². The molecular formula is C21H24Cl2N2O2. The third-order valence-corrected chi connectivity index (χ3v) is 8.77. The van der Waals surface area contributed by atoms with Gasteiger partial charge in [0.2, 0.25) is 0 Å². The average Bonchev–Trinajstić information content (AvgIpc) is 2.55. The molecule has 1 amide bonds. The van der Waals surface area contributed by atoms with Gasteiger partial charge in [0.05, 0.1) is 6.04 Å². The van der Waals surface area contributed by atoms with Gasteiger partial charge >= 0.3 is 0 Å². The van der Waals surface area contributed by atoms with Crippen LogP contribution < -0.4 is 0 Å². The molecule has 4 atom stereocenters. The summed E-state index contributed by atoms with van der Waals surface area (Å²) in [6, 6.07) is 5.27. The number of carbonyl (C=O) groups excluding carboxylic acids is 2. The largest absolute Gasteiger partial charge is 0.298 e. The maximum atomic E-state index is 12.3. The first-order valence-corrected chi connectivity index (χ1v) is 10.5. The Bertz CT molecular complexity index is 812. The summed E-state index contributed by atoms with van der Waals surface area (Å²) in [5.74, 6) is 4.20. The number of rotatable bonds is 2. The standard InChI is InChI=1S/C14H20N2O.C7H4Cl2O/c1-13(2)12(17)16(15(13)3)11-9-5-7-4-8-6-10(11)14(7,8)9;8-6-1-5(4-10)2-7(9)3-6/h7-11H,4-6H2,1-3H3;1-4H. The van der Waals surface area contributed by atoms with E-state index in [-0.39, 0.29) is 5.54 Å². The Hall–Kier alpha value is -1.10. The summed E-state index contributed by atoms with van der Waals surface area (Å²) in [6.45, 7) is 4.08. The van der Waals surface area contributed by atoms with Gasteiger partial charge in [-0.15, -0.1) is 0 Å². The molecular weight excluding hydrogens is 383 g/mol. The minimum absolute atomic E-state index is 0.255. The lowest BCUT2D eigenvalue weighted by molar-refractivity contribution is -0.424. The molecule has 6 rings (SSSR count). The molecule has 1 aromatic carbocycles. The van der Waals surface area contributed by atoms with Crippen LogP contribution in [-0.4, -0.2) is 40.8 Å². The van der Waals surface area contributed by atoms with E-state index in [9.17, 15) is 9.59 Å². The summed E-state index contributed by atoms with van der Waals surface area (Å²) in [7, 11) is 2.08. The van der Waals surface area contributed by atoms with Crippen LogP contribution >= 0.6 is 23.2 Å². The number of hydrogen-bond donors (Lipinski definition) is 0. The molecule has 144 valence electrons. The van der Waals surface area contributed by atoms with Crippen LogP contribution in [-0.2, 0) is 4.79 Å². The predicted octanol–water partition coefficient (Wildman–Crippen LogP) is 4.30. The fourth-order valence-electron chi connectivity index (χ4n) is 6.84. The van der Waals surface area contributed by atoms with Crippen molar-refractivity contribution in [1.29, 1.82) is 0 Å². The molecule has 4 saturated carbocycles. The molecule has 1 saturated heterocycles. The Balaban J connectivity index is 0.000000139. The van der Waals surface area contributed by atoms with Gasteiger partial charge in [-0.05, 0) is 80.4 Å². The van der Waals surface area contributed by atoms with Gasteiger partial charge in [-0.1, -0.05) is 23.2 Å². The van der Waals surface area contributed by atoms with Gasteiger partial charge in [-0.3, -0.25) is 14.6 Å². The Morgan fingerprint density at radius 1 is 1.04 bits per heavy atom. The van der Waals surface area contributed by atoms with E-state index in [0.717, 1.165) is 29.1 Å². The second-order valence-corrected chi connectivity index (χ2v) is 10.2. The highest BCUT2D eigenvalue weighted by Gasteiger charge is 2.86. The highest BCUT2D eigenvalue weighted by Crippen LogP contribution is 2.88. The molecule has 0 bridgehead atoms. The number of benzene rings is 1. The van der Waals surface area contributed by atoms with Crippen LogP contribution in [0.2, 0.25) is 10.0 Å². The fraction of sp³-hybridized carbons (Fsp3) is 0.619. The molecule has 27 heavy (non-hydrogen) atoms. The van der Waals surface area contributed by atoms with Gasteiger partial charge in [0.25, 0.3) is 5.91 Å². The van der Waals surface area contributed by atoms with Gasteiger partial charge in [0, 0.05) is 22.7 Å². The minimum atomic E-state index is -0.255. The number of hydrogen-bond acceptors (Lipinski definition) is 3. The Kier molecular flexibility index (Phi) is 3.65. The van der Waals surface area contributed by atoms with Crippen LogP contribution in [0.3, 0.4) is 0 Å². The maximum Gasteiger partial charge on any atom is 0.258 e. The molecule has 5 fully saturated rings. The number of carbonyl (C=O) groups is 2. The first-order valence-electron chi connectivity index (χ1n) is 9.71. The van der Waals surface area contributed by atoms with E-state index >= 15 is 0 Å². The van der Waals surface area contributed by atoms with Crippen LogP contribution in [0, 0.1) is 29.1 Å². The normalized spacial score (nSPS) is 41.9. The summed E-state index contributed by atoms with van der Waals surface area (Å²) < 4.78 is 0. The summed E-state index contributed by atoms with van der Waals surface area (Å²) in [4.78, 5) is 22.4. The van der Waals surface area contributed by atoms with E-state index < -0.39 is 0 Å². The monoisotopic (exact) mass is 406 g/mol. The molecule has 1 spiro atoms. The van der Waals surface area contributed by atoms with Crippen molar-refractivity contribution in [3.8, 4) is 0 Å². The average molecular weight is 407 g/mol. The number of halogens is 2. The molecule has 4 nitrogen and oxygen atoms in total. The van der Waals surface area contributed by atoms with Gasteiger partial charge in [-0.25, -0.2) is 5.01 Å². The maximum absolute atomic E-state index is 12.3. The Labute approximate surface area is 169 Å². The molecule has 6 heteroatoms. The van der Waals surface area contributed by atoms with Crippen molar-refractivity contribution in [2.45, 2.75) is 44.7 Å². The van der Waals surface area contributed by atoms with Crippen molar-refractivity contribution in [2.75, 3.05) is 7.05 Å². The second-order valence-electron chi connectivity index (χ2n) is 9.36. The zero-order chi connectivity index (χ0) is 19.3. The quantitative estimate of drug-likeness (QED) is 0.687. The Morgan fingerprint density at radius 2 is 1.59 bits per heavy atom. The zero-order valence-electron chi connectivity index (χ0n) is 15.8. The number of aldehydes is 1. The molecule has 1 aliphatic heterocycles. The lowest BCUT2D eigenvalue weighted by Crippen LogP contribution is -2.92. The van der Waals surface area contributed by atoms with Crippen molar-refractivity contribution in [3.63, 3.8) is 0 Å². The van der Waals surface area contributed by atoms with E-state index in [2.05, 4.69) is 17.1 Å². The second kappa shape index (κ2) is 5.49. The topological polar surface area (TPSA) is 40.6 Å². The van der Waals surface area contributed by atoms with Gasteiger partial charge in [-0.2, -0.15) is 0 Å². The lowest BCUT2D eigenvalue weighted by Gasteiger charge is -2.90. The first-order chi connectivity index (χ1) is 12.7. The molecule has 0 N–H and O–H groups in total. The highest BCUT2D eigenvalue weighted by molar-refractivity contribution is 6.35. The molecule has 0 aromatic heterocycles. The Morgan fingerprint density at radius 3 is 2.04 bits per heavy atom. The van der Waals surface area contributed by atoms with Crippen molar-refractivity contribution in [3.05, 3.63) is 33.8 Å². The third kappa shape index (κ3) is 2.00. The van der Waals surface area contributed by atoms with Crippen molar-refractivity contribution in [2.24, 2.45) is 29.1 Å². The zero-order valence-corrected chi connectivity index (χ0v) is 17.3. The molecule has 1 aromatic rings. The number of hydrazine groups is 1. The van der Waals surface area contributed by atoms with Crippen LogP contribution in [0.15, 0.2) is 18.2 Å². The van der Waals surface area contributed by atoms with Crippen molar-refractivity contribution in [1.82, 2.24) is 10.0 Å². The van der Waals surface area contributed by atoms with Crippen LogP contribution in [0.4, 0.5) is 0 Å². The number of likely N-dealkylation sites (N-methyl/N-ethyl adjacent to an activating group) is 1. The number of nitrogens with zero attached hydrogens (tertiary/aromatic N) is 2. The summed E-state index contributed by atoms with van der Waals surface area (Å²) in [6.07, 6.45) is 5.04. The lowest BCUT2D eigenvalue weighted by atomic mass is 9.17. The molecule has 4 unspecified atom stereocenters. The van der Waals surface area contributed by atoms with Gasteiger partial charge in [0.15, 0.2) is 0 Å².